The van der Waals surface area contributed by atoms with Crippen LogP contribution in [0.25, 0.3) is 0 Å². The molecule has 5 heteroatoms. The van der Waals surface area contributed by atoms with Crippen LogP contribution in [0, 0.1) is 0 Å². The monoisotopic (exact) mass is 300 g/mol. The average Bonchev–Trinajstić information content (AvgIpc) is 3.00. The van der Waals surface area contributed by atoms with E-state index in [4.69, 9.17) is 27.9 Å². The van der Waals surface area contributed by atoms with Crippen LogP contribution < -0.4 is 0 Å². The third kappa shape index (κ3) is 2.48. The SMILES string of the molecule is CC1(c2nc(Cl)c(C3CCCC3)c(Cl)n2)CCCO1. The van der Waals surface area contributed by atoms with Crippen molar-refractivity contribution in [2.45, 2.75) is 57.0 Å². The van der Waals surface area contributed by atoms with E-state index in [0.29, 0.717) is 22.0 Å². The van der Waals surface area contributed by atoms with Gasteiger partial charge in [0.15, 0.2) is 5.82 Å². The second-order valence-corrected chi connectivity index (χ2v) is 6.42. The summed E-state index contributed by atoms with van der Waals surface area (Å²) >= 11 is 12.7. The number of nitrogens with zero attached hydrogens (tertiary/aromatic N) is 2. The first kappa shape index (κ1) is 13.6. The van der Waals surface area contributed by atoms with Crippen LogP contribution in [-0.4, -0.2) is 16.6 Å². The normalized spacial score (nSPS) is 28.2. The molecule has 1 aliphatic carbocycles. The highest BCUT2D eigenvalue weighted by atomic mass is 35.5. The predicted molar refractivity (Wildman–Crippen MR) is 75.8 cm³/mol. The first-order chi connectivity index (χ1) is 9.10. The summed E-state index contributed by atoms with van der Waals surface area (Å²) in [5, 5.41) is 1.03. The lowest BCUT2D eigenvalue weighted by Crippen LogP contribution is -2.24. The van der Waals surface area contributed by atoms with Crippen LogP contribution >= 0.6 is 23.2 Å². The molecular formula is C14H18Cl2N2O. The maximum atomic E-state index is 6.36. The minimum absolute atomic E-state index is 0.423. The van der Waals surface area contributed by atoms with Crippen LogP contribution in [0.2, 0.25) is 10.3 Å². The lowest BCUT2D eigenvalue weighted by Gasteiger charge is -2.23. The highest BCUT2D eigenvalue weighted by molar-refractivity contribution is 6.34. The first-order valence-corrected chi connectivity index (χ1v) is 7.73. The summed E-state index contributed by atoms with van der Waals surface area (Å²) < 4.78 is 5.76. The molecule has 2 fully saturated rings. The second kappa shape index (κ2) is 5.19. The van der Waals surface area contributed by atoms with Gasteiger partial charge in [-0.1, -0.05) is 36.0 Å². The number of halogens is 2. The smallest absolute Gasteiger partial charge is 0.163 e. The summed E-state index contributed by atoms with van der Waals surface area (Å²) in [6.45, 7) is 2.76. The van der Waals surface area contributed by atoms with E-state index in [1.807, 2.05) is 6.92 Å². The number of rotatable bonds is 2. The third-order valence-electron chi connectivity index (χ3n) is 4.31. The molecule has 1 saturated heterocycles. The van der Waals surface area contributed by atoms with E-state index in [9.17, 15) is 0 Å². The van der Waals surface area contributed by atoms with E-state index < -0.39 is 5.60 Å². The summed E-state index contributed by atoms with van der Waals surface area (Å²) in [5.74, 6) is 1.05. The van der Waals surface area contributed by atoms with E-state index in [1.165, 1.54) is 12.8 Å². The molecule has 2 heterocycles. The zero-order chi connectivity index (χ0) is 13.5. The van der Waals surface area contributed by atoms with Crippen LogP contribution in [0.1, 0.15) is 62.8 Å². The van der Waals surface area contributed by atoms with E-state index in [1.54, 1.807) is 0 Å². The van der Waals surface area contributed by atoms with Crippen LogP contribution in [0.5, 0.6) is 0 Å². The molecular weight excluding hydrogens is 283 g/mol. The quantitative estimate of drug-likeness (QED) is 0.756. The summed E-state index contributed by atoms with van der Waals surface area (Å²) in [4.78, 5) is 8.95. The van der Waals surface area contributed by atoms with Crippen LogP contribution in [-0.2, 0) is 10.3 Å². The molecule has 19 heavy (non-hydrogen) atoms. The Morgan fingerprint density at radius 3 is 2.26 bits per heavy atom. The lowest BCUT2D eigenvalue weighted by molar-refractivity contribution is 0.00929. The van der Waals surface area contributed by atoms with Crippen LogP contribution in [0.15, 0.2) is 0 Å². The molecule has 0 amide bonds. The second-order valence-electron chi connectivity index (χ2n) is 5.71. The fraction of sp³-hybridized carbons (Fsp3) is 0.714. The van der Waals surface area contributed by atoms with Gasteiger partial charge in [0, 0.05) is 12.2 Å². The van der Waals surface area contributed by atoms with E-state index >= 15 is 0 Å². The molecule has 1 aliphatic heterocycles. The van der Waals surface area contributed by atoms with Crippen molar-refractivity contribution in [2.24, 2.45) is 0 Å². The van der Waals surface area contributed by atoms with Gasteiger partial charge in [-0.25, -0.2) is 9.97 Å². The summed E-state index contributed by atoms with van der Waals surface area (Å²) in [6.07, 6.45) is 6.69. The molecule has 0 aromatic carbocycles. The van der Waals surface area contributed by atoms with Gasteiger partial charge in [-0.2, -0.15) is 0 Å². The molecule has 2 aliphatic rings. The highest BCUT2D eigenvalue weighted by Crippen LogP contribution is 2.42. The van der Waals surface area contributed by atoms with Gasteiger partial charge in [-0.05, 0) is 38.5 Å². The van der Waals surface area contributed by atoms with Crippen LogP contribution in [0.3, 0.4) is 0 Å². The van der Waals surface area contributed by atoms with Crippen molar-refractivity contribution in [3.05, 3.63) is 21.7 Å². The number of ether oxygens (including phenoxy) is 1. The standard InChI is InChI=1S/C14H18Cl2N2O/c1-14(7-4-8-19-14)13-17-11(15)10(12(16)18-13)9-5-2-3-6-9/h9H,2-8H2,1H3. The molecule has 1 unspecified atom stereocenters. The van der Waals surface area contributed by atoms with E-state index in [0.717, 1.165) is 37.9 Å². The Bertz CT molecular complexity index is 457. The molecule has 104 valence electrons. The summed E-state index contributed by atoms with van der Waals surface area (Å²) in [7, 11) is 0. The third-order valence-corrected chi connectivity index (χ3v) is 4.88. The molecule has 1 aromatic rings. The Labute approximate surface area is 123 Å². The molecule has 1 saturated carbocycles. The van der Waals surface area contributed by atoms with Crippen molar-refractivity contribution in [3.8, 4) is 0 Å². The maximum absolute atomic E-state index is 6.36. The van der Waals surface area contributed by atoms with Gasteiger partial charge in [0.05, 0.1) is 0 Å². The first-order valence-electron chi connectivity index (χ1n) is 6.97. The van der Waals surface area contributed by atoms with Crippen molar-refractivity contribution in [1.82, 2.24) is 9.97 Å². The van der Waals surface area contributed by atoms with Gasteiger partial charge in [0.2, 0.25) is 0 Å². The number of hydrogen-bond acceptors (Lipinski definition) is 3. The Hall–Kier alpha value is -0.380. The molecule has 0 radical (unpaired) electrons. The van der Waals surface area contributed by atoms with Crippen molar-refractivity contribution in [2.75, 3.05) is 6.61 Å². The fourth-order valence-electron chi connectivity index (χ4n) is 3.16. The van der Waals surface area contributed by atoms with Gasteiger partial charge in [0.1, 0.15) is 15.9 Å². The Balaban J connectivity index is 1.97. The van der Waals surface area contributed by atoms with E-state index in [-0.39, 0.29) is 0 Å². The van der Waals surface area contributed by atoms with E-state index in [2.05, 4.69) is 9.97 Å². The largest absolute Gasteiger partial charge is 0.367 e. The van der Waals surface area contributed by atoms with Gasteiger partial charge >= 0.3 is 0 Å². The lowest BCUT2D eigenvalue weighted by atomic mass is 9.99. The molecule has 1 atom stereocenters. The van der Waals surface area contributed by atoms with Crippen LogP contribution in [0.4, 0.5) is 0 Å². The topological polar surface area (TPSA) is 35.0 Å². The summed E-state index contributed by atoms with van der Waals surface area (Å²) in [6, 6.07) is 0. The Kier molecular flexibility index (Phi) is 3.71. The molecule has 1 aromatic heterocycles. The predicted octanol–water partition coefficient (Wildman–Crippen LogP) is 4.47. The maximum Gasteiger partial charge on any atom is 0.163 e. The minimum atomic E-state index is -0.429. The number of aromatic nitrogens is 2. The zero-order valence-electron chi connectivity index (χ0n) is 11.1. The van der Waals surface area contributed by atoms with Gasteiger partial charge in [-0.15, -0.1) is 0 Å². The molecule has 3 rings (SSSR count). The summed E-state index contributed by atoms with van der Waals surface area (Å²) in [5.41, 5.74) is 0.507. The molecule has 3 nitrogen and oxygen atoms in total. The minimum Gasteiger partial charge on any atom is -0.367 e. The zero-order valence-corrected chi connectivity index (χ0v) is 12.6. The van der Waals surface area contributed by atoms with Gasteiger partial charge in [0.25, 0.3) is 0 Å². The molecule has 0 N–H and O–H groups in total. The Morgan fingerprint density at radius 1 is 1.11 bits per heavy atom. The van der Waals surface area contributed by atoms with Crippen molar-refractivity contribution in [3.63, 3.8) is 0 Å². The Morgan fingerprint density at radius 2 is 1.74 bits per heavy atom. The van der Waals surface area contributed by atoms with Gasteiger partial charge in [-0.3, -0.25) is 0 Å². The number of hydrogen-bond donors (Lipinski definition) is 0. The molecule has 0 bridgehead atoms. The fourth-order valence-corrected chi connectivity index (χ4v) is 3.86. The highest BCUT2D eigenvalue weighted by Gasteiger charge is 2.36. The molecule has 0 spiro atoms. The van der Waals surface area contributed by atoms with Crippen molar-refractivity contribution in [1.29, 1.82) is 0 Å². The van der Waals surface area contributed by atoms with Crippen molar-refractivity contribution >= 4 is 23.2 Å². The van der Waals surface area contributed by atoms with Crippen molar-refractivity contribution < 1.29 is 4.74 Å². The average molecular weight is 301 g/mol. The van der Waals surface area contributed by atoms with Gasteiger partial charge < -0.3 is 4.74 Å².